The van der Waals surface area contributed by atoms with Crippen molar-refractivity contribution in [1.82, 2.24) is 24.7 Å². The second kappa shape index (κ2) is 7.84. The number of halogens is 3. The highest BCUT2D eigenvalue weighted by molar-refractivity contribution is 7.99. The number of alkyl halides is 3. The fraction of sp³-hybridized carbons (Fsp3) is 0.500. The molecule has 1 amide bonds. The quantitative estimate of drug-likeness (QED) is 0.599. The molecule has 1 aliphatic heterocycles. The summed E-state index contributed by atoms with van der Waals surface area (Å²) in [5, 5.41) is 8.34. The number of piperazine rings is 1. The van der Waals surface area contributed by atoms with Crippen LogP contribution in [0.1, 0.15) is 10.7 Å². The molecule has 26 heavy (non-hydrogen) atoms. The van der Waals surface area contributed by atoms with Gasteiger partial charge in [0.2, 0.25) is 11.1 Å². The van der Waals surface area contributed by atoms with Gasteiger partial charge in [0.15, 0.2) is 0 Å². The van der Waals surface area contributed by atoms with Crippen LogP contribution >= 0.6 is 23.1 Å². The van der Waals surface area contributed by atoms with Crippen molar-refractivity contribution in [2.75, 3.05) is 37.8 Å². The molecule has 0 unspecified atom stereocenters. The largest absolute Gasteiger partial charge is 0.453 e. The molecular weight excluding hydrogens is 389 g/mol. The van der Waals surface area contributed by atoms with E-state index < -0.39 is 12.0 Å². The van der Waals surface area contributed by atoms with Gasteiger partial charge in [-0.25, -0.2) is 4.68 Å². The molecule has 1 saturated heterocycles. The van der Waals surface area contributed by atoms with Crippen molar-refractivity contribution in [3.8, 4) is 0 Å². The third-order valence-corrected chi connectivity index (χ3v) is 5.72. The van der Waals surface area contributed by atoms with E-state index in [9.17, 15) is 18.0 Å². The minimum Gasteiger partial charge on any atom is -0.339 e. The summed E-state index contributed by atoms with van der Waals surface area (Å²) in [6.45, 7) is 3.58. The van der Waals surface area contributed by atoms with Crippen molar-refractivity contribution in [2.45, 2.75) is 17.9 Å². The number of rotatable bonds is 5. The molecule has 0 aliphatic carbocycles. The average Bonchev–Trinajstić information content (AvgIpc) is 3.22. The van der Waals surface area contributed by atoms with E-state index in [1.165, 1.54) is 4.88 Å². The molecule has 0 spiro atoms. The Kier molecular flexibility index (Phi) is 5.73. The molecule has 0 radical (unpaired) electrons. The molecule has 12 heteroatoms. The Hall–Kier alpha value is -1.79. The number of carbonyl (C=O) groups excluding carboxylic acids is 1. The van der Waals surface area contributed by atoms with Crippen LogP contribution in [-0.2, 0) is 17.5 Å². The first kappa shape index (κ1) is 19.0. The molecule has 3 rings (SSSR count). The van der Waals surface area contributed by atoms with E-state index in [4.69, 9.17) is 5.84 Å². The van der Waals surface area contributed by atoms with Crippen molar-refractivity contribution in [2.24, 2.45) is 0 Å². The van der Waals surface area contributed by atoms with E-state index in [0.29, 0.717) is 17.8 Å². The standard InChI is InChI=1S/C14H17F3N6OS2/c15-14(16,17)12-19-20-13(23(12)18)26-9-11(24)22-5-3-21(4-6-22)8-10-2-1-7-25-10/h1-2,7H,3-6,8-9,18H2. The van der Waals surface area contributed by atoms with Gasteiger partial charge in [-0.2, -0.15) is 13.2 Å². The first-order chi connectivity index (χ1) is 12.3. The second-order valence-electron chi connectivity index (χ2n) is 5.70. The van der Waals surface area contributed by atoms with Gasteiger partial charge < -0.3 is 10.7 Å². The van der Waals surface area contributed by atoms with Gasteiger partial charge in [-0.05, 0) is 11.4 Å². The third kappa shape index (κ3) is 4.48. The summed E-state index contributed by atoms with van der Waals surface area (Å²) in [4.78, 5) is 17.5. The lowest BCUT2D eigenvalue weighted by atomic mass is 10.3. The number of amides is 1. The number of nitrogens with two attached hydrogens (primary N) is 1. The van der Waals surface area contributed by atoms with E-state index in [1.54, 1.807) is 16.2 Å². The lowest BCUT2D eigenvalue weighted by molar-refractivity contribution is -0.146. The van der Waals surface area contributed by atoms with Crippen LogP contribution in [0, 0.1) is 0 Å². The molecule has 1 fully saturated rings. The van der Waals surface area contributed by atoms with Crippen LogP contribution in [-0.4, -0.2) is 62.5 Å². The smallest absolute Gasteiger partial charge is 0.339 e. The Balaban J connectivity index is 1.47. The van der Waals surface area contributed by atoms with Crippen molar-refractivity contribution < 1.29 is 18.0 Å². The van der Waals surface area contributed by atoms with Crippen molar-refractivity contribution in [3.63, 3.8) is 0 Å². The van der Waals surface area contributed by atoms with E-state index in [0.717, 1.165) is 31.4 Å². The molecule has 0 aromatic carbocycles. The van der Waals surface area contributed by atoms with Gasteiger partial charge in [0, 0.05) is 37.6 Å². The Labute approximate surface area is 155 Å². The topological polar surface area (TPSA) is 80.3 Å². The van der Waals surface area contributed by atoms with Crippen LogP contribution in [0.4, 0.5) is 13.2 Å². The summed E-state index contributed by atoms with van der Waals surface area (Å²) in [6.07, 6.45) is -4.68. The fourth-order valence-electron chi connectivity index (χ4n) is 2.56. The molecular formula is C14H17F3N6OS2. The zero-order valence-electron chi connectivity index (χ0n) is 13.6. The lowest BCUT2D eigenvalue weighted by Crippen LogP contribution is -2.48. The van der Waals surface area contributed by atoms with Crippen LogP contribution < -0.4 is 5.84 Å². The van der Waals surface area contributed by atoms with Crippen molar-refractivity contribution >= 4 is 29.0 Å². The highest BCUT2D eigenvalue weighted by Gasteiger charge is 2.38. The molecule has 142 valence electrons. The minimum atomic E-state index is -4.68. The minimum absolute atomic E-state index is 0.0296. The summed E-state index contributed by atoms with van der Waals surface area (Å²) in [5.41, 5.74) is 0. The number of hydrogen-bond donors (Lipinski definition) is 1. The van der Waals surface area contributed by atoms with Gasteiger partial charge in [0.1, 0.15) is 0 Å². The predicted molar refractivity (Wildman–Crippen MR) is 92.1 cm³/mol. The van der Waals surface area contributed by atoms with E-state index in [-0.39, 0.29) is 16.8 Å². The highest BCUT2D eigenvalue weighted by Crippen LogP contribution is 2.28. The van der Waals surface area contributed by atoms with Gasteiger partial charge in [-0.3, -0.25) is 9.69 Å². The number of hydrogen-bond acceptors (Lipinski definition) is 7. The van der Waals surface area contributed by atoms with Gasteiger partial charge in [-0.15, -0.1) is 21.5 Å². The number of nitrogen functional groups attached to an aromatic ring is 1. The first-order valence-electron chi connectivity index (χ1n) is 7.77. The van der Waals surface area contributed by atoms with Gasteiger partial charge in [0.05, 0.1) is 5.75 Å². The zero-order chi connectivity index (χ0) is 18.7. The third-order valence-electron chi connectivity index (χ3n) is 3.93. The van der Waals surface area contributed by atoms with Crippen LogP contribution in [0.3, 0.4) is 0 Å². The maximum atomic E-state index is 12.6. The number of thioether (sulfide) groups is 1. The van der Waals surface area contributed by atoms with E-state index in [2.05, 4.69) is 21.2 Å². The molecule has 2 N–H and O–H groups in total. The second-order valence-corrected chi connectivity index (χ2v) is 7.67. The van der Waals surface area contributed by atoms with Crippen LogP contribution in [0.5, 0.6) is 0 Å². The molecule has 3 heterocycles. The Morgan fingerprint density at radius 1 is 1.27 bits per heavy atom. The summed E-state index contributed by atoms with van der Waals surface area (Å²) in [7, 11) is 0. The maximum Gasteiger partial charge on any atom is 0.453 e. The van der Waals surface area contributed by atoms with Crippen molar-refractivity contribution in [1.29, 1.82) is 0 Å². The highest BCUT2D eigenvalue weighted by atomic mass is 32.2. The van der Waals surface area contributed by atoms with Gasteiger partial charge >= 0.3 is 6.18 Å². The number of carbonyl (C=O) groups is 1. The van der Waals surface area contributed by atoms with Gasteiger partial charge in [-0.1, -0.05) is 17.8 Å². The zero-order valence-corrected chi connectivity index (χ0v) is 15.3. The Bertz CT molecular complexity index is 740. The number of nitrogens with zero attached hydrogens (tertiary/aromatic N) is 5. The predicted octanol–water partition coefficient (Wildman–Crippen LogP) is 1.51. The number of aromatic nitrogens is 3. The molecule has 2 aromatic rings. The molecule has 0 atom stereocenters. The average molecular weight is 406 g/mol. The molecule has 0 saturated carbocycles. The van der Waals surface area contributed by atoms with Gasteiger partial charge in [0.25, 0.3) is 5.82 Å². The lowest BCUT2D eigenvalue weighted by Gasteiger charge is -2.34. The molecule has 2 aromatic heterocycles. The molecule has 7 nitrogen and oxygen atoms in total. The fourth-order valence-corrected chi connectivity index (χ4v) is 4.07. The Morgan fingerprint density at radius 2 is 2.00 bits per heavy atom. The first-order valence-corrected chi connectivity index (χ1v) is 9.64. The monoisotopic (exact) mass is 406 g/mol. The summed E-state index contributed by atoms with van der Waals surface area (Å²) in [6, 6.07) is 4.09. The summed E-state index contributed by atoms with van der Waals surface area (Å²) >= 11 is 2.55. The van der Waals surface area contributed by atoms with Crippen LogP contribution in [0.15, 0.2) is 22.7 Å². The van der Waals surface area contributed by atoms with Crippen molar-refractivity contribution in [3.05, 3.63) is 28.2 Å². The summed E-state index contributed by atoms with van der Waals surface area (Å²) < 4.78 is 38.3. The van der Waals surface area contributed by atoms with E-state index >= 15 is 0 Å². The SMILES string of the molecule is Nn1c(SCC(=O)N2CCN(Cc3cccs3)CC2)nnc1C(F)(F)F. The van der Waals surface area contributed by atoms with Crippen LogP contribution in [0.25, 0.3) is 0 Å². The van der Waals surface area contributed by atoms with E-state index in [1.807, 2.05) is 11.4 Å². The van der Waals surface area contributed by atoms with Crippen LogP contribution in [0.2, 0.25) is 0 Å². The Morgan fingerprint density at radius 3 is 2.58 bits per heavy atom. The molecule has 1 aliphatic rings. The normalized spacial score (nSPS) is 16.2. The maximum absolute atomic E-state index is 12.6. The number of thiophene rings is 1. The summed E-state index contributed by atoms with van der Waals surface area (Å²) in [5.74, 6) is 3.89. The molecule has 0 bridgehead atoms.